The van der Waals surface area contributed by atoms with E-state index in [1.54, 1.807) is 6.92 Å². The first kappa shape index (κ1) is 22.6. The lowest BCUT2D eigenvalue weighted by molar-refractivity contribution is 0.122. The number of aromatic nitrogens is 5. The first-order valence-corrected chi connectivity index (χ1v) is 12.0. The molecule has 11 heteroatoms. The largest absolute Gasteiger partial charge is 0.378 e. The van der Waals surface area contributed by atoms with Gasteiger partial charge in [-0.3, -0.25) is 0 Å². The number of halogens is 2. The number of nitrogens with one attached hydrogen (secondary N) is 1. The maximum Gasteiger partial charge on any atom is 0.323 e. The third kappa shape index (κ3) is 3.81. The third-order valence-electron chi connectivity index (χ3n) is 6.71. The van der Waals surface area contributed by atoms with E-state index >= 15 is 0 Å². The first-order chi connectivity index (χ1) is 17.5. The predicted octanol–water partition coefficient (Wildman–Crippen LogP) is 4.39. The summed E-state index contributed by atoms with van der Waals surface area (Å²) < 4.78 is 19.8. The summed E-state index contributed by atoms with van der Waals surface area (Å²) in [5.74, 6) is -0.0347. The molecule has 1 fully saturated rings. The van der Waals surface area contributed by atoms with Crippen molar-refractivity contribution in [1.29, 1.82) is 0 Å². The van der Waals surface area contributed by atoms with Gasteiger partial charge in [0.15, 0.2) is 5.82 Å². The van der Waals surface area contributed by atoms with E-state index in [2.05, 4.69) is 34.7 Å². The highest BCUT2D eigenvalue weighted by atomic mass is 35.5. The van der Waals surface area contributed by atoms with Gasteiger partial charge in [0.25, 0.3) is 0 Å². The lowest BCUT2D eigenvalue weighted by atomic mass is 9.94. The number of hydrogen-bond donors (Lipinski definition) is 1. The summed E-state index contributed by atoms with van der Waals surface area (Å²) in [5, 5.41) is 1.73. The molecule has 1 saturated heterocycles. The molecule has 36 heavy (non-hydrogen) atoms. The second-order valence-corrected chi connectivity index (χ2v) is 9.26. The summed E-state index contributed by atoms with van der Waals surface area (Å²) in [5.41, 5.74) is 4.05. The minimum absolute atomic E-state index is 0.137. The van der Waals surface area contributed by atoms with E-state index in [-0.39, 0.29) is 17.6 Å². The molecule has 1 atom stereocenters. The molecule has 0 unspecified atom stereocenters. The van der Waals surface area contributed by atoms with Crippen molar-refractivity contribution in [1.82, 2.24) is 24.9 Å². The number of aromatic amines is 1. The van der Waals surface area contributed by atoms with E-state index in [4.69, 9.17) is 22.9 Å². The van der Waals surface area contributed by atoms with Gasteiger partial charge in [0, 0.05) is 59.2 Å². The molecule has 182 valence electrons. The Balaban J connectivity index is 1.48. The SMILES string of the molecule is [C-]#[N+]c1nc(N2CCc3c([nH]c4ccc(Cl)cc34)[C@@H]2c2cnc(N3CCOCC3)nc2)nc(C)c1F. The van der Waals surface area contributed by atoms with Crippen molar-refractivity contribution in [2.75, 3.05) is 42.6 Å². The average Bonchev–Trinajstić information content (AvgIpc) is 3.28. The van der Waals surface area contributed by atoms with Crippen molar-refractivity contribution < 1.29 is 9.13 Å². The van der Waals surface area contributed by atoms with Gasteiger partial charge in [-0.05, 0) is 37.1 Å². The molecule has 0 bridgehead atoms. The Kier molecular flexibility index (Phi) is 5.66. The molecule has 1 aromatic carbocycles. The van der Waals surface area contributed by atoms with Crippen LogP contribution in [0.3, 0.4) is 0 Å². The Bertz CT molecular complexity index is 1490. The Morgan fingerprint density at radius 2 is 1.92 bits per heavy atom. The van der Waals surface area contributed by atoms with Crippen molar-refractivity contribution in [2.45, 2.75) is 19.4 Å². The third-order valence-corrected chi connectivity index (χ3v) is 6.94. The molecule has 0 radical (unpaired) electrons. The predicted molar refractivity (Wildman–Crippen MR) is 134 cm³/mol. The number of fused-ring (bicyclic) bond motifs is 3. The zero-order valence-electron chi connectivity index (χ0n) is 19.5. The summed E-state index contributed by atoms with van der Waals surface area (Å²) >= 11 is 6.31. The Morgan fingerprint density at radius 3 is 2.67 bits per heavy atom. The van der Waals surface area contributed by atoms with Crippen LogP contribution >= 0.6 is 11.6 Å². The van der Waals surface area contributed by atoms with E-state index in [1.807, 2.05) is 35.5 Å². The van der Waals surface area contributed by atoms with Crippen LogP contribution in [0.1, 0.15) is 28.6 Å². The van der Waals surface area contributed by atoms with Crippen LogP contribution in [0, 0.1) is 19.3 Å². The summed E-state index contributed by atoms with van der Waals surface area (Å²) in [6, 6.07) is 5.42. The highest BCUT2D eigenvalue weighted by Gasteiger charge is 2.36. The molecule has 2 aliphatic heterocycles. The van der Waals surface area contributed by atoms with E-state index in [1.165, 1.54) is 0 Å². The molecule has 9 nitrogen and oxygen atoms in total. The van der Waals surface area contributed by atoms with Gasteiger partial charge in [0.1, 0.15) is 6.04 Å². The number of ether oxygens (including phenoxy) is 1. The van der Waals surface area contributed by atoms with Gasteiger partial charge in [-0.15, -0.1) is 0 Å². The quantitative estimate of drug-likeness (QED) is 0.414. The van der Waals surface area contributed by atoms with Gasteiger partial charge >= 0.3 is 11.8 Å². The molecular formula is C25H22ClFN8O. The molecule has 4 aromatic rings. The van der Waals surface area contributed by atoms with E-state index in [0.29, 0.717) is 43.1 Å². The second kappa shape index (κ2) is 9.00. The molecule has 0 saturated carbocycles. The molecule has 2 aliphatic rings. The highest BCUT2D eigenvalue weighted by Crippen LogP contribution is 2.40. The monoisotopic (exact) mass is 504 g/mol. The van der Waals surface area contributed by atoms with Gasteiger partial charge in [-0.25, -0.2) is 14.4 Å². The van der Waals surface area contributed by atoms with Crippen LogP contribution in [0.15, 0.2) is 30.6 Å². The second-order valence-electron chi connectivity index (χ2n) is 8.83. The molecular weight excluding hydrogens is 483 g/mol. The summed E-state index contributed by atoms with van der Waals surface area (Å²) in [7, 11) is 0. The maximum atomic E-state index is 14.4. The zero-order chi connectivity index (χ0) is 24.8. The maximum absolute atomic E-state index is 14.4. The van der Waals surface area contributed by atoms with Crippen LogP contribution in [-0.2, 0) is 11.2 Å². The van der Waals surface area contributed by atoms with Gasteiger partial charge in [-0.1, -0.05) is 23.2 Å². The van der Waals surface area contributed by atoms with E-state index in [9.17, 15) is 4.39 Å². The fourth-order valence-electron chi connectivity index (χ4n) is 4.95. The number of H-pyrrole nitrogens is 1. The van der Waals surface area contributed by atoms with Crippen molar-refractivity contribution in [2.24, 2.45) is 0 Å². The molecule has 0 aliphatic carbocycles. The van der Waals surface area contributed by atoms with Crippen LogP contribution in [0.5, 0.6) is 0 Å². The standard InChI is InChI=1S/C25H22ClFN8O/c1-14-20(27)23(28-2)33-25(31-14)35-6-5-17-18-11-16(26)3-4-19(18)32-21(17)22(35)15-12-29-24(30-13-15)34-7-9-36-10-8-34/h3-4,11-13,22,32H,5-10H2,1H3/t22-/m0/s1. The van der Waals surface area contributed by atoms with Crippen LogP contribution in [0.2, 0.25) is 5.02 Å². The molecule has 5 heterocycles. The van der Waals surface area contributed by atoms with E-state index < -0.39 is 5.82 Å². The van der Waals surface area contributed by atoms with Crippen molar-refractivity contribution in [3.05, 3.63) is 75.4 Å². The number of aryl methyl sites for hydroxylation is 1. The fourth-order valence-corrected chi connectivity index (χ4v) is 5.13. The number of morpholine rings is 1. The fraction of sp³-hybridized carbons (Fsp3) is 0.320. The topological polar surface area (TPSA) is 87.4 Å². The Morgan fingerprint density at radius 1 is 1.14 bits per heavy atom. The normalized spacial score (nSPS) is 17.8. The average molecular weight is 505 g/mol. The van der Waals surface area contributed by atoms with Crippen LogP contribution in [0.25, 0.3) is 15.7 Å². The van der Waals surface area contributed by atoms with Gasteiger partial charge < -0.3 is 24.4 Å². The number of anilines is 2. The Hall–Kier alpha value is -3.81. The number of hydrogen-bond acceptors (Lipinski definition) is 7. The van der Waals surface area contributed by atoms with Crippen molar-refractivity contribution in [3.63, 3.8) is 0 Å². The summed E-state index contributed by atoms with van der Waals surface area (Å²) in [4.78, 5) is 28.9. The number of benzene rings is 1. The molecule has 6 rings (SSSR count). The van der Waals surface area contributed by atoms with Crippen molar-refractivity contribution >= 4 is 40.2 Å². The zero-order valence-corrected chi connectivity index (χ0v) is 20.3. The molecule has 1 N–H and O–H groups in total. The van der Waals surface area contributed by atoms with E-state index in [0.717, 1.165) is 40.8 Å². The summed E-state index contributed by atoms with van der Waals surface area (Å²) in [6.07, 6.45) is 4.33. The minimum Gasteiger partial charge on any atom is -0.378 e. The smallest absolute Gasteiger partial charge is 0.323 e. The lowest BCUT2D eigenvalue weighted by Gasteiger charge is -2.35. The minimum atomic E-state index is -0.693. The Labute approximate surface area is 211 Å². The highest BCUT2D eigenvalue weighted by molar-refractivity contribution is 6.31. The van der Waals surface area contributed by atoms with Crippen LogP contribution in [-0.4, -0.2) is 57.8 Å². The van der Waals surface area contributed by atoms with Gasteiger partial charge in [0.2, 0.25) is 5.95 Å². The first-order valence-electron chi connectivity index (χ1n) is 11.7. The number of rotatable bonds is 3. The molecule has 3 aromatic heterocycles. The molecule has 0 spiro atoms. The number of nitrogens with zero attached hydrogens (tertiary/aromatic N) is 7. The molecule has 0 amide bonds. The van der Waals surface area contributed by atoms with Gasteiger partial charge in [0.05, 0.1) is 18.9 Å². The lowest BCUT2D eigenvalue weighted by Crippen LogP contribution is -2.38. The summed E-state index contributed by atoms with van der Waals surface area (Å²) in [6.45, 7) is 12.2. The van der Waals surface area contributed by atoms with Crippen LogP contribution < -0.4 is 9.80 Å². The van der Waals surface area contributed by atoms with Gasteiger partial charge in [-0.2, -0.15) is 4.98 Å². The van der Waals surface area contributed by atoms with Crippen molar-refractivity contribution in [3.8, 4) is 0 Å². The van der Waals surface area contributed by atoms with Crippen LogP contribution in [0.4, 0.5) is 22.1 Å².